The quantitative estimate of drug-likeness (QED) is 0.806. The number of H-pyrrole nitrogens is 1. The normalized spacial score (nSPS) is 19.3. The maximum Gasteiger partial charge on any atom is 0.126 e. The molecule has 3 aromatic rings. The van der Waals surface area contributed by atoms with Gasteiger partial charge in [-0.15, -0.1) is 0 Å². The lowest BCUT2D eigenvalue weighted by Crippen LogP contribution is -2.39. The summed E-state index contributed by atoms with van der Waals surface area (Å²) in [5.74, 6) is 1.00. The van der Waals surface area contributed by atoms with Gasteiger partial charge in [-0.3, -0.25) is 4.90 Å². The molecule has 23 heavy (non-hydrogen) atoms. The van der Waals surface area contributed by atoms with Crippen molar-refractivity contribution in [3.05, 3.63) is 65.7 Å². The SMILES string of the molecule is Cc1cnc([C@@H]2COCCN2Cc2cccc3ccccc23)[nH]1. The molecule has 4 heteroatoms. The van der Waals surface area contributed by atoms with Crippen LogP contribution in [0.4, 0.5) is 0 Å². The number of nitrogens with zero attached hydrogens (tertiary/aromatic N) is 2. The second-order valence-corrected chi connectivity index (χ2v) is 6.15. The van der Waals surface area contributed by atoms with Gasteiger partial charge >= 0.3 is 0 Å². The Hall–Kier alpha value is -2.17. The molecule has 2 aromatic carbocycles. The predicted octanol–water partition coefficient (Wildman–Crippen LogP) is 3.44. The molecule has 4 rings (SSSR count). The summed E-state index contributed by atoms with van der Waals surface area (Å²) >= 11 is 0. The van der Waals surface area contributed by atoms with Gasteiger partial charge in [0.25, 0.3) is 0 Å². The summed E-state index contributed by atoms with van der Waals surface area (Å²) in [6.45, 7) is 5.34. The second-order valence-electron chi connectivity index (χ2n) is 6.15. The number of rotatable bonds is 3. The zero-order valence-corrected chi connectivity index (χ0v) is 13.3. The van der Waals surface area contributed by atoms with E-state index in [-0.39, 0.29) is 6.04 Å². The van der Waals surface area contributed by atoms with E-state index < -0.39 is 0 Å². The van der Waals surface area contributed by atoms with Gasteiger partial charge in [-0.2, -0.15) is 0 Å². The van der Waals surface area contributed by atoms with Gasteiger partial charge in [-0.1, -0.05) is 42.5 Å². The van der Waals surface area contributed by atoms with E-state index in [4.69, 9.17) is 4.74 Å². The Bertz CT molecular complexity index is 806. The van der Waals surface area contributed by atoms with E-state index in [1.165, 1.54) is 16.3 Å². The van der Waals surface area contributed by atoms with Crippen LogP contribution in [-0.4, -0.2) is 34.6 Å². The molecule has 1 fully saturated rings. The van der Waals surface area contributed by atoms with Crippen molar-refractivity contribution in [2.75, 3.05) is 19.8 Å². The molecule has 0 bridgehead atoms. The van der Waals surface area contributed by atoms with Gasteiger partial charge in [0.15, 0.2) is 0 Å². The molecule has 0 saturated carbocycles. The molecule has 0 unspecified atom stereocenters. The molecule has 1 N–H and O–H groups in total. The van der Waals surface area contributed by atoms with Gasteiger partial charge in [-0.05, 0) is 23.3 Å². The molecule has 4 nitrogen and oxygen atoms in total. The van der Waals surface area contributed by atoms with Crippen molar-refractivity contribution in [3.8, 4) is 0 Å². The van der Waals surface area contributed by atoms with E-state index in [0.717, 1.165) is 31.2 Å². The fraction of sp³-hybridized carbons (Fsp3) is 0.316. The third-order valence-electron chi connectivity index (χ3n) is 4.53. The first kappa shape index (κ1) is 14.4. The summed E-state index contributed by atoms with van der Waals surface area (Å²) in [4.78, 5) is 10.3. The summed E-state index contributed by atoms with van der Waals surface area (Å²) in [6, 6.07) is 15.3. The van der Waals surface area contributed by atoms with E-state index in [1.807, 2.05) is 13.1 Å². The number of aryl methyl sites for hydroxylation is 1. The first-order chi connectivity index (χ1) is 11.3. The Morgan fingerprint density at radius 2 is 2.09 bits per heavy atom. The predicted molar refractivity (Wildman–Crippen MR) is 91.2 cm³/mol. The van der Waals surface area contributed by atoms with Gasteiger partial charge in [0.1, 0.15) is 5.82 Å². The molecule has 1 aliphatic heterocycles. The van der Waals surface area contributed by atoms with E-state index in [0.29, 0.717) is 6.61 Å². The van der Waals surface area contributed by atoms with Crippen LogP contribution < -0.4 is 0 Å². The van der Waals surface area contributed by atoms with Crippen LogP contribution >= 0.6 is 0 Å². The largest absolute Gasteiger partial charge is 0.378 e. The minimum atomic E-state index is 0.191. The number of morpholine rings is 1. The van der Waals surface area contributed by atoms with Gasteiger partial charge in [0, 0.05) is 25.0 Å². The lowest BCUT2D eigenvalue weighted by Gasteiger charge is -2.34. The van der Waals surface area contributed by atoms with Crippen molar-refractivity contribution in [2.45, 2.75) is 19.5 Å². The van der Waals surface area contributed by atoms with Crippen molar-refractivity contribution in [3.63, 3.8) is 0 Å². The van der Waals surface area contributed by atoms with Crippen LogP contribution in [0.25, 0.3) is 10.8 Å². The smallest absolute Gasteiger partial charge is 0.126 e. The van der Waals surface area contributed by atoms with E-state index >= 15 is 0 Å². The first-order valence-electron chi connectivity index (χ1n) is 8.11. The second kappa shape index (κ2) is 6.14. The van der Waals surface area contributed by atoms with Crippen LogP contribution in [0, 0.1) is 6.92 Å². The molecule has 1 saturated heterocycles. The van der Waals surface area contributed by atoms with Crippen LogP contribution in [0.15, 0.2) is 48.7 Å². The molecule has 118 valence electrons. The standard InChI is InChI=1S/C19H21N3O/c1-14-11-20-19(21-14)18-13-23-10-9-22(18)12-16-7-4-6-15-5-2-3-8-17(15)16/h2-8,11,18H,9-10,12-13H2,1H3,(H,20,21)/t18-/m0/s1. The van der Waals surface area contributed by atoms with E-state index in [1.54, 1.807) is 0 Å². The number of nitrogens with one attached hydrogen (secondary N) is 1. The van der Waals surface area contributed by atoms with Crippen LogP contribution in [0.3, 0.4) is 0 Å². The molecule has 0 spiro atoms. The molecule has 0 aliphatic carbocycles. The number of hydrogen-bond donors (Lipinski definition) is 1. The van der Waals surface area contributed by atoms with Crippen LogP contribution in [0.1, 0.15) is 23.1 Å². The fourth-order valence-electron chi connectivity index (χ4n) is 3.33. The molecule has 1 aromatic heterocycles. The molecule has 1 aliphatic rings. The third-order valence-corrected chi connectivity index (χ3v) is 4.53. The van der Waals surface area contributed by atoms with Crippen molar-refractivity contribution in [1.82, 2.24) is 14.9 Å². The van der Waals surface area contributed by atoms with Crippen LogP contribution in [-0.2, 0) is 11.3 Å². The monoisotopic (exact) mass is 307 g/mol. The maximum absolute atomic E-state index is 5.70. The number of aromatic nitrogens is 2. The summed E-state index contributed by atoms with van der Waals surface area (Å²) in [7, 11) is 0. The number of aromatic amines is 1. The van der Waals surface area contributed by atoms with Crippen molar-refractivity contribution in [2.24, 2.45) is 0 Å². The van der Waals surface area contributed by atoms with Crippen molar-refractivity contribution < 1.29 is 4.74 Å². The first-order valence-corrected chi connectivity index (χ1v) is 8.11. The topological polar surface area (TPSA) is 41.1 Å². The Morgan fingerprint density at radius 1 is 1.22 bits per heavy atom. The Labute approximate surface area is 136 Å². The molecular formula is C19H21N3O. The Balaban J connectivity index is 1.65. The number of fused-ring (bicyclic) bond motifs is 1. The molecule has 2 heterocycles. The van der Waals surface area contributed by atoms with Gasteiger partial charge in [0.2, 0.25) is 0 Å². The van der Waals surface area contributed by atoms with Gasteiger partial charge in [-0.25, -0.2) is 4.98 Å². The lowest BCUT2D eigenvalue weighted by atomic mass is 10.0. The zero-order chi connectivity index (χ0) is 15.6. The van der Waals surface area contributed by atoms with Crippen LogP contribution in [0.2, 0.25) is 0 Å². The molecule has 1 atom stereocenters. The number of benzene rings is 2. The average Bonchev–Trinajstić information content (AvgIpc) is 3.02. The minimum absolute atomic E-state index is 0.191. The molecule has 0 amide bonds. The summed E-state index contributed by atoms with van der Waals surface area (Å²) in [5, 5.41) is 2.62. The highest BCUT2D eigenvalue weighted by molar-refractivity contribution is 5.85. The fourth-order valence-corrected chi connectivity index (χ4v) is 3.33. The van der Waals surface area contributed by atoms with Gasteiger partial charge in [0.05, 0.1) is 19.3 Å². The highest BCUT2D eigenvalue weighted by Crippen LogP contribution is 2.27. The maximum atomic E-state index is 5.70. The minimum Gasteiger partial charge on any atom is -0.378 e. The van der Waals surface area contributed by atoms with E-state index in [9.17, 15) is 0 Å². The third kappa shape index (κ3) is 2.87. The Morgan fingerprint density at radius 3 is 2.96 bits per heavy atom. The summed E-state index contributed by atoms with van der Waals surface area (Å²) in [5.41, 5.74) is 2.45. The number of ether oxygens (including phenoxy) is 1. The summed E-state index contributed by atoms with van der Waals surface area (Å²) < 4.78 is 5.70. The van der Waals surface area contributed by atoms with Crippen LogP contribution in [0.5, 0.6) is 0 Å². The Kier molecular flexibility index (Phi) is 3.85. The highest BCUT2D eigenvalue weighted by Gasteiger charge is 2.27. The number of hydrogen-bond acceptors (Lipinski definition) is 3. The zero-order valence-electron chi connectivity index (χ0n) is 13.3. The lowest BCUT2D eigenvalue weighted by molar-refractivity contribution is -0.0154. The van der Waals surface area contributed by atoms with Gasteiger partial charge < -0.3 is 9.72 Å². The van der Waals surface area contributed by atoms with Crippen molar-refractivity contribution >= 4 is 10.8 Å². The van der Waals surface area contributed by atoms with Crippen molar-refractivity contribution in [1.29, 1.82) is 0 Å². The summed E-state index contributed by atoms with van der Waals surface area (Å²) in [6.07, 6.45) is 1.89. The average molecular weight is 307 g/mol. The molecule has 0 radical (unpaired) electrons. The number of imidazole rings is 1. The molecular weight excluding hydrogens is 286 g/mol. The van der Waals surface area contributed by atoms with E-state index in [2.05, 4.69) is 57.3 Å². The highest BCUT2D eigenvalue weighted by atomic mass is 16.5.